The number of carbonyl (C=O) groups is 1. The number of fused-ring (bicyclic) bond motifs is 1. The standard InChI is InChI=1S/C21H24FN5O/c1-12(2)17-11-19(27-26-17)21(28)23-14-7-8-16-18(10-14)25-20(24-16)9-13-5-3-4-6-15(13)22/h3-8,10,12,17,19,26-27H,9,11H2,1-2H3,(H,23,28)(H,24,25). The molecular formula is C21H24FN5O. The first-order valence-electron chi connectivity index (χ1n) is 9.53. The summed E-state index contributed by atoms with van der Waals surface area (Å²) in [5.74, 6) is 0.832. The van der Waals surface area contributed by atoms with Gasteiger partial charge in [0, 0.05) is 18.2 Å². The van der Waals surface area contributed by atoms with Crippen LogP contribution in [0.5, 0.6) is 0 Å². The normalized spacial score (nSPS) is 19.4. The number of hydrazine groups is 1. The van der Waals surface area contributed by atoms with Gasteiger partial charge in [-0.05, 0) is 42.2 Å². The quantitative estimate of drug-likeness (QED) is 0.547. The lowest BCUT2D eigenvalue weighted by Gasteiger charge is -2.12. The molecule has 3 aromatic rings. The van der Waals surface area contributed by atoms with Gasteiger partial charge in [0.05, 0.1) is 11.0 Å². The summed E-state index contributed by atoms with van der Waals surface area (Å²) in [7, 11) is 0. The van der Waals surface area contributed by atoms with Gasteiger partial charge in [-0.15, -0.1) is 0 Å². The van der Waals surface area contributed by atoms with E-state index < -0.39 is 0 Å². The molecule has 0 bridgehead atoms. The number of carbonyl (C=O) groups excluding carboxylic acids is 1. The van der Waals surface area contributed by atoms with Crippen molar-refractivity contribution in [3.05, 3.63) is 59.7 Å². The van der Waals surface area contributed by atoms with Crippen LogP contribution in [0.4, 0.5) is 10.1 Å². The Morgan fingerprint density at radius 1 is 1.25 bits per heavy atom. The zero-order chi connectivity index (χ0) is 19.7. The number of rotatable bonds is 5. The third kappa shape index (κ3) is 3.90. The maximum Gasteiger partial charge on any atom is 0.242 e. The predicted octanol–water partition coefficient (Wildman–Crippen LogP) is 3.12. The molecule has 1 amide bonds. The summed E-state index contributed by atoms with van der Waals surface area (Å²) in [5, 5.41) is 2.95. The van der Waals surface area contributed by atoms with E-state index in [-0.39, 0.29) is 23.8 Å². The number of hydrogen-bond acceptors (Lipinski definition) is 4. The molecule has 1 saturated heterocycles. The largest absolute Gasteiger partial charge is 0.342 e. The van der Waals surface area contributed by atoms with E-state index in [4.69, 9.17) is 0 Å². The highest BCUT2D eigenvalue weighted by Crippen LogP contribution is 2.21. The molecule has 7 heteroatoms. The molecule has 1 aliphatic heterocycles. The van der Waals surface area contributed by atoms with Gasteiger partial charge in [0.15, 0.2) is 0 Å². The number of hydrogen-bond donors (Lipinski definition) is 4. The molecule has 0 saturated carbocycles. The van der Waals surface area contributed by atoms with Crippen molar-refractivity contribution >= 4 is 22.6 Å². The van der Waals surface area contributed by atoms with E-state index in [2.05, 4.69) is 40.0 Å². The highest BCUT2D eigenvalue weighted by atomic mass is 19.1. The van der Waals surface area contributed by atoms with Crippen LogP contribution in [0.2, 0.25) is 0 Å². The number of imidazole rings is 1. The Morgan fingerprint density at radius 3 is 2.82 bits per heavy atom. The Labute approximate surface area is 162 Å². The van der Waals surface area contributed by atoms with E-state index in [1.807, 2.05) is 24.3 Å². The van der Waals surface area contributed by atoms with Crippen molar-refractivity contribution < 1.29 is 9.18 Å². The number of aromatic nitrogens is 2. The van der Waals surface area contributed by atoms with Crippen molar-refractivity contribution in [1.29, 1.82) is 0 Å². The molecule has 0 spiro atoms. The van der Waals surface area contributed by atoms with Crippen molar-refractivity contribution in [3.8, 4) is 0 Å². The fraction of sp³-hybridized carbons (Fsp3) is 0.333. The van der Waals surface area contributed by atoms with Crippen molar-refractivity contribution in [1.82, 2.24) is 20.8 Å². The first kappa shape index (κ1) is 18.6. The third-order valence-electron chi connectivity index (χ3n) is 5.17. The molecule has 0 aliphatic carbocycles. The molecule has 1 fully saturated rings. The summed E-state index contributed by atoms with van der Waals surface area (Å²) in [5.41, 5.74) is 9.12. The molecule has 6 nitrogen and oxygen atoms in total. The molecular weight excluding hydrogens is 357 g/mol. The predicted molar refractivity (Wildman–Crippen MR) is 107 cm³/mol. The number of nitrogens with one attached hydrogen (secondary N) is 4. The van der Waals surface area contributed by atoms with Gasteiger partial charge in [-0.1, -0.05) is 32.0 Å². The molecule has 1 aromatic heterocycles. The number of nitrogens with zero attached hydrogens (tertiary/aromatic N) is 1. The second-order valence-electron chi connectivity index (χ2n) is 7.60. The van der Waals surface area contributed by atoms with Crippen molar-refractivity contribution in [2.24, 2.45) is 5.92 Å². The molecule has 2 heterocycles. The summed E-state index contributed by atoms with van der Waals surface area (Å²) < 4.78 is 13.9. The molecule has 146 valence electrons. The number of halogens is 1. The highest BCUT2D eigenvalue weighted by molar-refractivity contribution is 5.96. The second-order valence-corrected chi connectivity index (χ2v) is 7.60. The van der Waals surface area contributed by atoms with Gasteiger partial charge in [0.2, 0.25) is 5.91 Å². The molecule has 4 N–H and O–H groups in total. The van der Waals surface area contributed by atoms with Crippen LogP contribution in [0.15, 0.2) is 42.5 Å². The third-order valence-corrected chi connectivity index (χ3v) is 5.17. The van der Waals surface area contributed by atoms with Gasteiger partial charge < -0.3 is 10.3 Å². The lowest BCUT2D eigenvalue weighted by Crippen LogP contribution is -2.40. The Bertz CT molecular complexity index is 999. The zero-order valence-electron chi connectivity index (χ0n) is 15.9. The van der Waals surface area contributed by atoms with Crippen LogP contribution in [-0.2, 0) is 11.2 Å². The average Bonchev–Trinajstić information content (AvgIpc) is 3.30. The highest BCUT2D eigenvalue weighted by Gasteiger charge is 2.30. The smallest absolute Gasteiger partial charge is 0.242 e. The van der Waals surface area contributed by atoms with Gasteiger partial charge >= 0.3 is 0 Å². The summed E-state index contributed by atoms with van der Waals surface area (Å²) in [6.07, 6.45) is 1.14. The molecule has 2 unspecified atom stereocenters. The second kappa shape index (κ2) is 7.69. The molecule has 2 aromatic carbocycles. The number of amides is 1. The Kier molecular flexibility index (Phi) is 5.11. The summed E-state index contributed by atoms with van der Waals surface area (Å²) in [6.45, 7) is 4.26. The fourth-order valence-electron chi connectivity index (χ4n) is 3.47. The summed E-state index contributed by atoms with van der Waals surface area (Å²) >= 11 is 0. The first-order valence-corrected chi connectivity index (χ1v) is 9.53. The Morgan fingerprint density at radius 2 is 2.07 bits per heavy atom. The molecule has 28 heavy (non-hydrogen) atoms. The number of anilines is 1. The molecule has 0 radical (unpaired) electrons. The fourth-order valence-corrected chi connectivity index (χ4v) is 3.47. The van der Waals surface area contributed by atoms with Gasteiger partial charge in [0.25, 0.3) is 0 Å². The van der Waals surface area contributed by atoms with Gasteiger partial charge in [-0.2, -0.15) is 0 Å². The van der Waals surface area contributed by atoms with E-state index in [1.54, 1.807) is 12.1 Å². The van der Waals surface area contributed by atoms with Crippen LogP contribution in [0, 0.1) is 11.7 Å². The average molecular weight is 381 g/mol. The van der Waals surface area contributed by atoms with E-state index in [1.165, 1.54) is 6.07 Å². The maximum absolute atomic E-state index is 13.9. The number of H-pyrrole nitrogens is 1. The van der Waals surface area contributed by atoms with Crippen LogP contribution in [-0.4, -0.2) is 28.0 Å². The monoisotopic (exact) mass is 381 g/mol. The minimum atomic E-state index is -0.263. The zero-order valence-corrected chi connectivity index (χ0v) is 15.9. The summed E-state index contributed by atoms with van der Waals surface area (Å²) in [6, 6.07) is 12.2. The minimum absolute atomic E-state index is 0.0684. The van der Waals surface area contributed by atoms with Gasteiger partial charge in [-0.25, -0.2) is 14.8 Å². The lowest BCUT2D eigenvalue weighted by atomic mass is 9.99. The van der Waals surface area contributed by atoms with Crippen LogP contribution in [0.25, 0.3) is 11.0 Å². The number of aromatic amines is 1. The number of benzene rings is 2. The van der Waals surface area contributed by atoms with Crippen LogP contribution >= 0.6 is 0 Å². The summed E-state index contributed by atoms with van der Waals surface area (Å²) in [4.78, 5) is 20.3. The molecule has 4 rings (SSSR count). The van der Waals surface area contributed by atoms with Crippen molar-refractivity contribution in [3.63, 3.8) is 0 Å². The van der Waals surface area contributed by atoms with Crippen molar-refractivity contribution in [2.45, 2.75) is 38.8 Å². The lowest BCUT2D eigenvalue weighted by molar-refractivity contribution is -0.117. The van der Waals surface area contributed by atoms with Gasteiger partial charge in [-0.3, -0.25) is 10.2 Å². The first-order chi connectivity index (χ1) is 13.5. The van der Waals surface area contributed by atoms with Gasteiger partial charge in [0.1, 0.15) is 17.7 Å². The molecule has 1 aliphatic rings. The SMILES string of the molecule is CC(C)C1CC(C(=O)Nc2ccc3nc(Cc4ccccc4F)[nH]c3c2)NN1. The topological polar surface area (TPSA) is 81.8 Å². The minimum Gasteiger partial charge on any atom is -0.342 e. The van der Waals surface area contributed by atoms with E-state index in [0.29, 0.717) is 29.4 Å². The Balaban J connectivity index is 1.46. The van der Waals surface area contributed by atoms with E-state index in [0.717, 1.165) is 17.5 Å². The van der Waals surface area contributed by atoms with E-state index >= 15 is 0 Å². The van der Waals surface area contributed by atoms with Crippen LogP contribution < -0.4 is 16.2 Å². The van der Waals surface area contributed by atoms with Crippen molar-refractivity contribution in [2.75, 3.05) is 5.32 Å². The molecule has 2 atom stereocenters. The van der Waals surface area contributed by atoms with Crippen LogP contribution in [0.3, 0.4) is 0 Å². The maximum atomic E-state index is 13.9. The van der Waals surface area contributed by atoms with E-state index in [9.17, 15) is 9.18 Å². The Hall–Kier alpha value is -2.77. The van der Waals surface area contributed by atoms with Crippen LogP contribution in [0.1, 0.15) is 31.7 Å².